The Morgan fingerprint density at radius 3 is 3.00 bits per heavy atom. The standard InChI is InChI=1S/C13H16BrNS/c14-11-5-6-15(8-11)9-12-7-10-3-1-2-4-13(10)16-12/h1-4,11-12H,5-9H2. The van der Waals surface area contributed by atoms with Gasteiger partial charge < -0.3 is 4.90 Å². The van der Waals surface area contributed by atoms with Gasteiger partial charge >= 0.3 is 0 Å². The molecule has 0 aromatic heterocycles. The van der Waals surface area contributed by atoms with Crippen LogP contribution in [0.4, 0.5) is 0 Å². The molecule has 0 spiro atoms. The van der Waals surface area contributed by atoms with Gasteiger partial charge in [-0.2, -0.15) is 0 Å². The molecule has 0 N–H and O–H groups in total. The number of halogens is 1. The smallest absolute Gasteiger partial charge is 0.0285 e. The van der Waals surface area contributed by atoms with Gasteiger partial charge in [-0.05, 0) is 31.0 Å². The van der Waals surface area contributed by atoms with E-state index in [1.807, 2.05) is 0 Å². The Kier molecular flexibility index (Phi) is 3.27. The summed E-state index contributed by atoms with van der Waals surface area (Å²) in [5.41, 5.74) is 1.55. The van der Waals surface area contributed by atoms with Gasteiger partial charge in [0.1, 0.15) is 0 Å². The highest BCUT2D eigenvalue weighted by Crippen LogP contribution is 2.37. The third kappa shape index (κ3) is 2.31. The van der Waals surface area contributed by atoms with Gasteiger partial charge in [-0.3, -0.25) is 0 Å². The van der Waals surface area contributed by atoms with Gasteiger partial charge in [-0.15, -0.1) is 11.8 Å². The van der Waals surface area contributed by atoms with Gasteiger partial charge in [0.05, 0.1) is 0 Å². The predicted molar refractivity (Wildman–Crippen MR) is 73.6 cm³/mol. The maximum absolute atomic E-state index is 3.71. The topological polar surface area (TPSA) is 3.24 Å². The van der Waals surface area contributed by atoms with Crippen LogP contribution in [-0.4, -0.2) is 34.6 Å². The molecule has 2 aliphatic rings. The Bertz CT molecular complexity index is 357. The molecule has 2 atom stereocenters. The molecular weight excluding hydrogens is 282 g/mol. The highest BCUT2D eigenvalue weighted by atomic mass is 79.9. The first-order valence-electron chi connectivity index (χ1n) is 5.92. The molecule has 1 saturated heterocycles. The number of fused-ring (bicyclic) bond motifs is 1. The quantitative estimate of drug-likeness (QED) is 0.772. The summed E-state index contributed by atoms with van der Waals surface area (Å²) < 4.78 is 0. The summed E-state index contributed by atoms with van der Waals surface area (Å²) in [6.07, 6.45) is 2.56. The second kappa shape index (κ2) is 4.71. The number of alkyl halides is 1. The molecule has 3 rings (SSSR count). The fourth-order valence-electron chi connectivity index (χ4n) is 2.59. The molecule has 3 heteroatoms. The zero-order valence-corrected chi connectivity index (χ0v) is 11.6. The molecule has 1 nitrogen and oxygen atoms in total. The summed E-state index contributed by atoms with van der Waals surface area (Å²) in [6.45, 7) is 3.75. The van der Waals surface area contributed by atoms with Gasteiger partial charge in [0, 0.05) is 28.1 Å². The predicted octanol–water partition coefficient (Wildman–Crippen LogP) is 3.17. The third-order valence-corrected chi connectivity index (χ3v) is 5.44. The summed E-state index contributed by atoms with van der Waals surface area (Å²) in [6, 6.07) is 8.85. The van der Waals surface area contributed by atoms with Crippen LogP contribution in [0.5, 0.6) is 0 Å². The van der Waals surface area contributed by atoms with Gasteiger partial charge in [0.2, 0.25) is 0 Å². The van der Waals surface area contributed by atoms with Crippen LogP contribution >= 0.6 is 27.7 Å². The molecular formula is C13H16BrNS. The summed E-state index contributed by atoms with van der Waals surface area (Å²) in [7, 11) is 0. The fourth-order valence-corrected chi connectivity index (χ4v) is 4.58. The van der Waals surface area contributed by atoms with Crippen LogP contribution in [0, 0.1) is 0 Å². The van der Waals surface area contributed by atoms with Crippen molar-refractivity contribution < 1.29 is 0 Å². The second-order valence-electron chi connectivity index (χ2n) is 4.70. The molecule has 2 unspecified atom stereocenters. The molecule has 0 saturated carbocycles. The van der Waals surface area contributed by atoms with E-state index in [4.69, 9.17) is 0 Å². The maximum atomic E-state index is 3.71. The Morgan fingerprint density at radius 1 is 1.38 bits per heavy atom. The minimum absolute atomic E-state index is 0.723. The second-order valence-corrected chi connectivity index (χ2v) is 7.33. The lowest BCUT2D eigenvalue weighted by molar-refractivity contribution is 0.341. The first-order chi connectivity index (χ1) is 7.81. The largest absolute Gasteiger partial charge is 0.301 e. The van der Waals surface area contributed by atoms with E-state index in [1.54, 1.807) is 5.56 Å². The molecule has 1 fully saturated rings. The minimum atomic E-state index is 0.723. The van der Waals surface area contributed by atoms with Gasteiger partial charge in [0.25, 0.3) is 0 Å². The van der Waals surface area contributed by atoms with Crippen LogP contribution < -0.4 is 0 Å². The highest BCUT2D eigenvalue weighted by molar-refractivity contribution is 9.09. The average Bonchev–Trinajstić information content (AvgIpc) is 2.84. The van der Waals surface area contributed by atoms with Crippen molar-refractivity contribution in [2.45, 2.75) is 27.8 Å². The van der Waals surface area contributed by atoms with E-state index < -0.39 is 0 Å². The molecule has 16 heavy (non-hydrogen) atoms. The molecule has 1 aromatic carbocycles. The fraction of sp³-hybridized carbons (Fsp3) is 0.538. The van der Waals surface area contributed by atoms with E-state index in [2.05, 4.69) is 56.9 Å². The molecule has 0 aliphatic carbocycles. The van der Waals surface area contributed by atoms with Crippen molar-refractivity contribution >= 4 is 27.7 Å². The van der Waals surface area contributed by atoms with Crippen molar-refractivity contribution in [1.82, 2.24) is 4.90 Å². The van der Waals surface area contributed by atoms with Crippen molar-refractivity contribution in [3.63, 3.8) is 0 Å². The maximum Gasteiger partial charge on any atom is 0.0285 e. The Morgan fingerprint density at radius 2 is 2.25 bits per heavy atom. The molecule has 2 heterocycles. The first-order valence-corrected chi connectivity index (χ1v) is 7.72. The van der Waals surface area contributed by atoms with Gasteiger partial charge in [-0.25, -0.2) is 0 Å². The Hall–Kier alpha value is 0.01000. The van der Waals surface area contributed by atoms with E-state index in [0.717, 1.165) is 10.1 Å². The normalized spacial score (nSPS) is 29.6. The number of hydrogen-bond donors (Lipinski definition) is 0. The van der Waals surface area contributed by atoms with E-state index >= 15 is 0 Å². The number of likely N-dealkylation sites (tertiary alicyclic amines) is 1. The lowest BCUT2D eigenvalue weighted by atomic mass is 10.1. The lowest BCUT2D eigenvalue weighted by Gasteiger charge is -2.18. The first kappa shape index (κ1) is 11.1. The Balaban J connectivity index is 1.60. The van der Waals surface area contributed by atoms with Crippen molar-refractivity contribution in [2.75, 3.05) is 19.6 Å². The van der Waals surface area contributed by atoms with Crippen molar-refractivity contribution in [3.05, 3.63) is 29.8 Å². The molecule has 0 bridgehead atoms. The summed E-state index contributed by atoms with van der Waals surface area (Å²) >= 11 is 5.78. The van der Waals surface area contributed by atoms with Gasteiger partial charge in [0.15, 0.2) is 0 Å². The zero-order chi connectivity index (χ0) is 11.0. The molecule has 0 radical (unpaired) electrons. The van der Waals surface area contributed by atoms with Crippen LogP contribution in [0.15, 0.2) is 29.2 Å². The average molecular weight is 298 g/mol. The van der Waals surface area contributed by atoms with Crippen LogP contribution in [-0.2, 0) is 6.42 Å². The number of nitrogens with zero attached hydrogens (tertiary/aromatic N) is 1. The highest BCUT2D eigenvalue weighted by Gasteiger charge is 2.27. The summed E-state index contributed by atoms with van der Waals surface area (Å²) in [4.78, 5) is 4.83. The van der Waals surface area contributed by atoms with Crippen molar-refractivity contribution in [1.29, 1.82) is 0 Å². The number of hydrogen-bond acceptors (Lipinski definition) is 2. The SMILES string of the molecule is BrC1CCN(CC2Cc3ccccc3S2)C1. The third-order valence-electron chi connectivity index (χ3n) is 3.39. The molecule has 2 aliphatic heterocycles. The van der Waals surface area contributed by atoms with Crippen LogP contribution in [0.2, 0.25) is 0 Å². The van der Waals surface area contributed by atoms with E-state index in [1.165, 1.54) is 37.4 Å². The number of benzene rings is 1. The minimum Gasteiger partial charge on any atom is -0.301 e. The summed E-state index contributed by atoms with van der Waals surface area (Å²) in [5.74, 6) is 0. The zero-order valence-electron chi connectivity index (χ0n) is 9.23. The van der Waals surface area contributed by atoms with E-state index in [9.17, 15) is 0 Å². The van der Waals surface area contributed by atoms with Gasteiger partial charge in [-0.1, -0.05) is 34.1 Å². The van der Waals surface area contributed by atoms with Crippen LogP contribution in [0.1, 0.15) is 12.0 Å². The number of rotatable bonds is 2. The van der Waals surface area contributed by atoms with Crippen LogP contribution in [0.3, 0.4) is 0 Å². The molecule has 0 amide bonds. The monoisotopic (exact) mass is 297 g/mol. The summed E-state index contributed by atoms with van der Waals surface area (Å²) in [5, 5.41) is 0.773. The lowest BCUT2D eigenvalue weighted by Crippen LogP contribution is -2.29. The van der Waals surface area contributed by atoms with E-state index in [-0.39, 0.29) is 0 Å². The van der Waals surface area contributed by atoms with Crippen LogP contribution in [0.25, 0.3) is 0 Å². The molecule has 86 valence electrons. The van der Waals surface area contributed by atoms with Crippen molar-refractivity contribution in [3.8, 4) is 0 Å². The number of thioether (sulfide) groups is 1. The molecule has 1 aromatic rings. The van der Waals surface area contributed by atoms with E-state index in [0.29, 0.717) is 0 Å². The van der Waals surface area contributed by atoms with Crippen molar-refractivity contribution in [2.24, 2.45) is 0 Å². The Labute approximate surface area is 110 Å².